The number of carbonyl (C=O) groups is 1. The number of morpholine rings is 1. The molecule has 2 heterocycles. The lowest BCUT2D eigenvalue weighted by molar-refractivity contribution is 0.0730. The number of H-pyrrole nitrogens is 1. The maximum absolute atomic E-state index is 12.7. The Morgan fingerprint density at radius 2 is 1.91 bits per heavy atom. The Balaban J connectivity index is 1.46. The van der Waals surface area contributed by atoms with E-state index in [-0.39, 0.29) is 17.3 Å². The highest BCUT2D eigenvalue weighted by molar-refractivity contribution is 7.89. The second kappa shape index (κ2) is 9.33. The molecule has 0 unspecified atom stereocenters. The summed E-state index contributed by atoms with van der Waals surface area (Å²) >= 11 is 5.34. The van der Waals surface area contributed by atoms with Crippen LogP contribution >= 0.6 is 12.2 Å². The van der Waals surface area contributed by atoms with E-state index in [1.807, 2.05) is 31.2 Å². The van der Waals surface area contributed by atoms with Gasteiger partial charge in [0.1, 0.15) is 0 Å². The predicted octanol–water partition coefficient (Wildman–Crippen LogP) is 2.19. The molecular formula is C21H23N5O4S2. The Morgan fingerprint density at radius 1 is 1.19 bits per heavy atom. The molecule has 0 saturated carbocycles. The number of ether oxygens (including phenoxy) is 1. The smallest absolute Gasteiger partial charge is 0.251 e. The summed E-state index contributed by atoms with van der Waals surface area (Å²) in [5, 5.41) is 9.79. The molecule has 168 valence electrons. The second-order valence-electron chi connectivity index (χ2n) is 7.34. The Bertz CT molecular complexity index is 1280. The van der Waals surface area contributed by atoms with Crippen molar-refractivity contribution in [1.29, 1.82) is 0 Å². The number of nitrogens with zero attached hydrogens (tertiary/aromatic N) is 3. The summed E-state index contributed by atoms with van der Waals surface area (Å²) in [5.74, 6) is 0.213. The van der Waals surface area contributed by atoms with E-state index in [2.05, 4.69) is 15.5 Å². The number of hydrogen-bond donors (Lipinski definition) is 2. The number of nitrogens with one attached hydrogen (secondary N) is 2. The van der Waals surface area contributed by atoms with Gasteiger partial charge in [-0.25, -0.2) is 8.42 Å². The molecule has 0 radical (unpaired) electrons. The van der Waals surface area contributed by atoms with Crippen molar-refractivity contribution >= 4 is 28.1 Å². The van der Waals surface area contributed by atoms with E-state index in [4.69, 9.17) is 17.0 Å². The molecule has 3 aromatic rings. The zero-order valence-electron chi connectivity index (χ0n) is 17.4. The Labute approximate surface area is 191 Å². The summed E-state index contributed by atoms with van der Waals surface area (Å²) in [6.07, 6.45) is 0. The first-order valence-electron chi connectivity index (χ1n) is 10.1. The van der Waals surface area contributed by atoms with Gasteiger partial charge in [-0.1, -0.05) is 12.1 Å². The van der Waals surface area contributed by atoms with Crippen LogP contribution in [0.25, 0.3) is 5.69 Å². The van der Waals surface area contributed by atoms with Crippen LogP contribution in [0.4, 0.5) is 0 Å². The highest BCUT2D eigenvalue weighted by Gasteiger charge is 2.26. The van der Waals surface area contributed by atoms with Crippen molar-refractivity contribution in [2.45, 2.75) is 18.4 Å². The van der Waals surface area contributed by atoms with Crippen LogP contribution in [-0.2, 0) is 21.3 Å². The molecule has 1 saturated heterocycles. The third kappa shape index (κ3) is 4.65. The van der Waals surface area contributed by atoms with Crippen LogP contribution in [-0.4, -0.2) is 59.7 Å². The van der Waals surface area contributed by atoms with Gasteiger partial charge in [0.05, 0.1) is 24.7 Å². The molecule has 1 fully saturated rings. The van der Waals surface area contributed by atoms with Gasteiger partial charge in [0.2, 0.25) is 10.0 Å². The van der Waals surface area contributed by atoms with Gasteiger partial charge in [0.15, 0.2) is 10.6 Å². The summed E-state index contributed by atoms with van der Waals surface area (Å²) in [6, 6.07) is 13.7. The van der Waals surface area contributed by atoms with E-state index in [1.165, 1.54) is 28.6 Å². The van der Waals surface area contributed by atoms with E-state index in [9.17, 15) is 13.2 Å². The highest BCUT2D eigenvalue weighted by Crippen LogP contribution is 2.18. The third-order valence-electron chi connectivity index (χ3n) is 5.13. The number of rotatable bonds is 6. The van der Waals surface area contributed by atoms with E-state index in [0.717, 1.165) is 11.3 Å². The van der Waals surface area contributed by atoms with Crippen molar-refractivity contribution < 1.29 is 17.9 Å². The van der Waals surface area contributed by atoms with E-state index in [0.29, 0.717) is 42.5 Å². The average molecular weight is 474 g/mol. The molecule has 1 aliphatic rings. The average Bonchev–Trinajstić information content (AvgIpc) is 3.18. The van der Waals surface area contributed by atoms with Crippen LogP contribution in [0.5, 0.6) is 0 Å². The Morgan fingerprint density at radius 3 is 2.59 bits per heavy atom. The summed E-state index contributed by atoms with van der Waals surface area (Å²) in [5.41, 5.74) is 2.28. The number of aromatic nitrogens is 3. The van der Waals surface area contributed by atoms with Crippen molar-refractivity contribution in [3.8, 4) is 5.69 Å². The minimum absolute atomic E-state index is 0.147. The molecule has 0 atom stereocenters. The largest absolute Gasteiger partial charge is 0.379 e. The molecule has 0 aliphatic carbocycles. The van der Waals surface area contributed by atoms with Crippen molar-refractivity contribution in [3.63, 3.8) is 0 Å². The lowest BCUT2D eigenvalue weighted by Crippen LogP contribution is -2.40. The van der Waals surface area contributed by atoms with Crippen LogP contribution < -0.4 is 5.32 Å². The summed E-state index contributed by atoms with van der Waals surface area (Å²) < 4.78 is 34.2. The van der Waals surface area contributed by atoms with Crippen LogP contribution in [0.3, 0.4) is 0 Å². The quantitative estimate of drug-likeness (QED) is 0.531. The second-order valence-corrected chi connectivity index (χ2v) is 9.67. The summed E-state index contributed by atoms with van der Waals surface area (Å²) in [4.78, 5) is 12.8. The van der Waals surface area contributed by atoms with Gasteiger partial charge in [-0.3, -0.25) is 14.5 Å². The van der Waals surface area contributed by atoms with E-state index >= 15 is 0 Å². The molecule has 1 amide bonds. The van der Waals surface area contributed by atoms with Crippen LogP contribution in [0, 0.1) is 11.7 Å². The first-order valence-corrected chi connectivity index (χ1v) is 11.9. The molecule has 4 rings (SSSR count). The Hall–Kier alpha value is -2.86. The molecule has 32 heavy (non-hydrogen) atoms. The first-order chi connectivity index (χ1) is 15.4. The molecule has 0 bridgehead atoms. The maximum atomic E-state index is 12.7. The van der Waals surface area contributed by atoms with Crippen LogP contribution in [0.1, 0.15) is 21.7 Å². The number of benzene rings is 2. The molecule has 2 N–H and O–H groups in total. The molecule has 0 spiro atoms. The van der Waals surface area contributed by atoms with Crippen molar-refractivity contribution in [3.05, 3.63) is 70.3 Å². The van der Waals surface area contributed by atoms with Crippen LogP contribution in [0.2, 0.25) is 0 Å². The van der Waals surface area contributed by atoms with Gasteiger partial charge < -0.3 is 10.1 Å². The summed E-state index contributed by atoms with van der Waals surface area (Å²) in [7, 11) is -3.60. The number of amides is 1. The van der Waals surface area contributed by atoms with Crippen molar-refractivity contribution in [2.75, 3.05) is 26.3 Å². The van der Waals surface area contributed by atoms with Gasteiger partial charge in [-0.05, 0) is 61.1 Å². The number of aromatic amines is 1. The molecule has 9 nitrogen and oxygen atoms in total. The lowest BCUT2D eigenvalue weighted by atomic mass is 10.2. The minimum atomic E-state index is -3.60. The zero-order chi connectivity index (χ0) is 22.7. The van der Waals surface area contributed by atoms with Gasteiger partial charge in [0, 0.05) is 24.3 Å². The standard InChI is InChI=1S/C21H23N5O4S2/c1-15-3-2-4-17(13-15)26-19(23-24-21(26)31)14-22-20(27)16-5-7-18(8-6-16)32(28,29)25-9-11-30-12-10-25/h2-8,13H,9-12,14H2,1H3,(H,22,27)(H,24,31). The highest BCUT2D eigenvalue weighted by atomic mass is 32.2. The topological polar surface area (TPSA) is 109 Å². The minimum Gasteiger partial charge on any atom is -0.379 e. The van der Waals surface area contributed by atoms with Crippen molar-refractivity contribution in [1.82, 2.24) is 24.4 Å². The van der Waals surface area contributed by atoms with Gasteiger partial charge in [-0.15, -0.1) is 0 Å². The fourth-order valence-electron chi connectivity index (χ4n) is 3.46. The molecule has 11 heteroatoms. The van der Waals surface area contributed by atoms with E-state index < -0.39 is 10.0 Å². The van der Waals surface area contributed by atoms with E-state index in [1.54, 1.807) is 4.57 Å². The molecular weight excluding hydrogens is 450 g/mol. The summed E-state index contributed by atoms with van der Waals surface area (Å²) in [6.45, 7) is 3.52. The van der Waals surface area contributed by atoms with Gasteiger partial charge in [-0.2, -0.15) is 9.40 Å². The van der Waals surface area contributed by atoms with Gasteiger partial charge >= 0.3 is 0 Å². The maximum Gasteiger partial charge on any atom is 0.251 e. The Kier molecular flexibility index (Phi) is 6.51. The van der Waals surface area contributed by atoms with Gasteiger partial charge in [0.25, 0.3) is 5.91 Å². The lowest BCUT2D eigenvalue weighted by Gasteiger charge is -2.26. The monoisotopic (exact) mass is 473 g/mol. The SMILES string of the molecule is Cc1cccc(-n2c(CNC(=O)c3ccc(S(=O)(=O)N4CCOCC4)cc3)n[nH]c2=S)c1. The zero-order valence-corrected chi connectivity index (χ0v) is 19.1. The van der Waals surface area contributed by atoms with Crippen molar-refractivity contribution in [2.24, 2.45) is 0 Å². The fraction of sp³-hybridized carbons (Fsp3) is 0.286. The number of carbonyl (C=O) groups excluding carboxylic acids is 1. The number of aryl methyl sites for hydroxylation is 1. The predicted molar refractivity (Wildman–Crippen MR) is 121 cm³/mol. The first kappa shape index (κ1) is 22.3. The normalized spacial score (nSPS) is 14.9. The molecule has 1 aromatic heterocycles. The number of hydrogen-bond acceptors (Lipinski definition) is 6. The fourth-order valence-corrected chi connectivity index (χ4v) is 5.12. The molecule has 2 aromatic carbocycles. The number of sulfonamides is 1. The van der Waals surface area contributed by atoms with Crippen LogP contribution in [0.15, 0.2) is 53.4 Å². The molecule has 1 aliphatic heterocycles. The third-order valence-corrected chi connectivity index (χ3v) is 7.32.